The lowest BCUT2D eigenvalue weighted by molar-refractivity contribution is 0.0838. The second-order valence-electron chi connectivity index (χ2n) is 4.52. The summed E-state index contributed by atoms with van der Waals surface area (Å²) in [4.78, 5) is 13.2. The quantitative estimate of drug-likeness (QED) is 0.743. The zero-order valence-electron chi connectivity index (χ0n) is 9.97. The molecule has 1 unspecified atom stereocenters. The molecule has 0 aliphatic carbocycles. The highest BCUT2D eigenvalue weighted by Gasteiger charge is 2.32. The van der Waals surface area contributed by atoms with Crippen molar-refractivity contribution in [3.05, 3.63) is 17.8 Å². The van der Waals surface area contributed by atoms with E-state index in [0.717, 1.165) is 6.54 Å². The Kier molecular flexibility index (Phi) is 2.97. The Labute approximate surface area is 99.7 Å². The van der Waals surface area contributed by atoms with Crippen LogP contribution in [0.3, 0.4) is 0 Å². The molecule has 1 aliphatic heterocycles. The minimum Gasteiger partial charge on any atom is -0.388 e. The van der Waals surface area contributed by atoms with Gasteiger partial charge in [0, 0.05) is 20.1 Å². The third-order valence-electron chi connectivity index (χ3n) is 2.89. The average Bonchev–Trinajstić information content (AvgIpc) is 2.69. The molecule has 0 radical (unpaired) electrons. The van der Waals surface area contributed by atoms with Crippen LogP contribution >= 0.6 is 0 Å². The second kappa shape index (κ2) is 4.29. The predicted octanol–water partition coefficient (Wildman–Crippen LogP) is -0.203. The molecular weight excluding hydrogens is 220 g/mol. The monoisotopic (exact) mass is 236 g/mol. The first-order chi connectivity index (χ1) is 8.02. The van der Waals surface area contributed by atoms with Gasteiger partial charge < -0.3 is 15.3 Å². The maximum absolute atomic E-state index is 11.3. The zero-order chi connectivity index (χ0) is 12.5. The molecule has 1 aromatic heterocycles. The van der Waals surface area contributed by atoms with E-state index in [4.69, 9.17) is 0 Å². The van der Waals surface area contributed by atoms with Crippen molar-refractivity contribution in [2.45, 2.75) is 18.9 Å². The summed E-state index contributed by atoms with van der Waals surface area (Å²) in [5, 5.41) is 20.2. The Morgan fingerprint density at radius 2 is 2.29 bits per heavy atom. The van der Waals surface area contributed by atoms with E-state index in [0.29, 0.717) is 24.5 Å². The van der Waals surface area contributed by atoms with Gasteiger partial charge in [0.1, 0.15) is 0 Å². The fourth-order valence-corrected chi connectivity index (χ4v) is 1.88. The van der Waals surface area contributed by atoms with E-state index in [1.165, 1.54) is 0 Å². The van der Waals surface area contributed by atoms with Gasteiger partial charge in [-0.15, -0.1) is 10.2 Å². The van der Waals surface area contributed by atoms with Gasteiger partial charge in [0.2, 0.25) is 0 Å². The van der Waals surface area contributed by atoms with Crippen molar-refractivity contribution >= 4 is 11.7 Å². The van der Waals surface area contributed by atoms with Crippen LogP contribution in [0.5, 0.6) is 0 Å². The van der Waals surface area contributed by atoms with Gasteiger partial charge in [-0.05, 0) is 25.5 Å². The number of aromatic nitrogens is 2. The highest BCUT2D eigenvalue weighted by atomic mass is 16.3. The van der Waals surface area contributed by atoms with Crippen LogP contribution < -0.4 is 10.2 Å². The van der Waals surface area contributed by atoms with Crippen LogP contribution in [0, 0.1) is 0 Å². The summed E-state index contributed by atoms with van der Waals surface area (Å²) in [5.41, 5.74) is -0.372. The van der Waals surface area contributed by atoms with Gasteiger partial charge >= 0.3 is 0 Å². The standard InChI is InChI=1S/C11H16N4O2/c1-11(17)5-6-15(7-11)9-4-3-8(13-14-9)10(16)12-2/h3-4,17H,5-7H2,1-2H3,(H,12,16). The Morgan fingerprint density at radius 1 is 1.53 bits per heavy atom. The maximum atomic E-state index is 11.3. The summed E-state index contributed by atoms with van der Waals surface area (Å²) in [6, 6.07) is 3.38. The lowest BCUT2D eigenvalue weighted by Crippen LogP contribution is -2.30. The minimum atomic E-state index is -0.666. The Balaban J connectivity index is 2.11. The molecule has 1 amide bonds. The highest BCUT2D eigenvalue weighted by molar-refractivity contribution is 5.91. The molecule has 0 spiro atoms. The van der Waals surface area contributed by atoms with E-state index in [-0.39, 0.29) is 5.91 Å². The molecule has 92 valence electrons. The molecule has 17 heavy (non-hydrogen) atoms. The number of hydrogen-bond donors (Lipinski definition) is 2. The summed E-state index contributed by atoms with van der Waals surface area (Å²) >= 11 is 0. The van der Waals surface area contributed by atoms with E-state index in [1.807, 2.05) is 4.90 Å². The van der Waals surface area contributed by atoms with E-state index in [9.17, 15) is 9.90 Å². The summed E-state index contributed by atoms with van der Waals surface area (Å²) in [5.74, 6) is 0.438. The average molecular weight is 236 g/mol. The number of hydrogen-bond acceptors (Lipinski definition) is 5. The number of amides is 1. The van der Waals surface area contributed by atoms with Crippen molar-refractivity contribution in [3.63, 3.8) is 0 Å². The van der Waals surface area contributed by atoms with Gasteiger partial charge in [-0.1, -0.05) is 0 Å². The molecule has 6 nitrogen and oxygen atoms in total. The molecule has 1 fully saturated rings. The van der Waals surface area contributed by atoms with E-state index >= 15 is 0 Å². The smallest absolute Gasteiger partial charge is 0.271 e. The molecule has 0 aromatic carbocycles. The number of nitrogens with zero attached hydrogens (tertiary/aromatic N) is 3. The summed E-state index contributed by atoms with van der Waals surface area (Å²) in [6.07, 6.45) is 0.714. The molecule has 0 saturated carbocycles. The third kappa shape index (κ3) is 2.52. The largest absolute Gasteiger partial charge is 0.388 e. The molecule has 1 atom stereocenters. The molecule has 1 aromatic rings. The van der Waals surface area contributed by atoms with Gasteiger partial charge in [0.05, 0.1) is 5.60 Å². The van der Waals surface area contributed by atoms with Crippen LogP contribution in [0.4, 0.5) is 5.82 Å². The van der Waals surface area contributed by atoms with Gasteiger partial charge in [-0.25, -0.2) is 0 Å². The Morgan fingerprint density at radius 3 is 2.76 bits per heavy atom. The van der Waals surface area contributed by atoms with Crippen LogP contribution in [-0.2, 0) is 0 Å². The zero-order valence-corrected chi connectivity index (χ0v) is 9.97. The van der Waals surface area contributed by atoms with E-state index < -0.39 is 5.60 Å². The normalized spacial score (nSPS) is 23.8. The molecule has 0 bridgehead atoms. The van der Waals surface area contributed by atoms with Crippen LogP contribution in [0.25, 0.3) is 0 Å². The number of anilines is 1. The molecule has 2 heterocycles. The third-order valence-corrected chi connectivity index (χ3v) is 2.89. The minimum absolute atomic E-state index is 0.252. The van der Waals surface area contributed by atoms with Crippen molar-refractivity contribution in [3.8, 4) is 0 Å². The van der Waals surface area contributed by atoms with Crippen LogP contribution in [0.1, 0.15) is 23.8 Å². The fourth-order valence-electron chi connectivity index (χ4n) is 1.88. The molecule has 2 rings (SSSR count). The predicted molar refractivity (Wildman–Crippen MR) is 62.9 cm³/mol. The Bertz CT molecular complexity index is 416. The first-order valence-corrected chi connectivity index (χ1v) is 5.55. The number of aliphatic hydroxyl groups is 1. The number of β-amino-alcohol motifs (C(OH)–C–C–N with tert-alkyl or cyclic N) is 1. The topological polar surface area (TPSA) is 78.4 Å². The van der Waals surface area contributed by atoms with Crippen LogP contribution in [0.2, 0.25) is 0 Å². The van der Waals surface area contributed by atoms with Gasteiger partial charge in [0.25, 0.3) is 5.91 Å². The number of rotatable bonds is 2. The fraction of sp³-hybridized carbons (Fsp3) is 0.545. The summed E-state index contributed by atoms with van der Waals surface area (Å²) in [7, 11) is 1.55. The van der Waals surface area contributed by atoms with Crippen LogP contribution in [0.15, 0.2) is 12.1 Å². The van der Waals surface area contributed by atoms with Crippen molar-refractivity contribution < 1.29 is 9.90 Å². The SMILES string of the molecule is CNC(=O)c1ccc(N2CCC(C)(O)C2)nn1. The van der Waals surface area contributed by atoms with Crippen LogP contribution in [-0.4, -0.2) is 46.9 Å². The van der Waals surface area contributed by atoms with Crippen molar-refractivity contribution in [2.75, 3.05) is 25.0 Å². The molecule has 1 aliphatic rings. The van der Waals surface area contributed by atoms with E-state index in [1.54, 1.807) is 26.1 Å². The maximum Gasteiger partial charge on any atom is 0.271 e. The Hall–Kier alpha value is -1.69. The van der Waals surface area contributed by atoms with Crippen molar-refractivity contribution in [1.82, 2.24) is 15.5 Å². The highest BCUT2D eigenvalue weighted by Crippen LogP contribution is 2.24. The lowest BCUT2D eigenvalue weighted by atomic mass is 10.1. The van der Waals surface area contributed by atoms with Crippen molar-refractivity contribution in [1.29, 1.82) is 0 Å². The van der Waals surface area contributed by atoms with Crippen molar-refractivity contribution in [2.24, 2.45) is 0 Å². The molecule has 1 saturated heterocycles. The summed E-state index contributed by atoms with van der Waals surface area (Å²) in [6.45, 7) is 3.10. The first-order valence-electron chi connectivity index (χ1n) is 5.55. The number of carbonyl (C=O) groups excluding carboxylic acids is 1. The number of nitrogens with one attached hydrogen (secondary N) is 1. The lowest BCUT2D eigenvalue weighted by Gasteiger charge is -2.19. The van der Waals surface area contributed by atoms with Gasteiger partial charge in [-0.2, -0.15) is 0 Å². The number of carbonyl (C=O) groups is 1. The molecule has 2 N–H and O–H groups in total. The van der Waals surface area contributed by atoms with Gasteiger partial charge in [-0.3, -0.25) is 4.79 Å². The van der Waals surface area contributed by atoms with E-state index in [2.05, 4.69) is 15.5 Å². The first kappa shape index (κ1) is 11.8. The molecule has 6 heteroatoms. The van der Waals surface area contributed by atoms with Gasteiger partial charge in [0.15, 0.2) is 11.5 Å². The second-order valence-corrected chi connectivity index (χ2v) is 4.52. The molecular formula is C11H16N4O2. The summed E-state index contributed by atoms with van der Waals surface area (Å²) < 4.78 is 0.